The highest BCUT2D eigenvalue weighted by molar-refractivity contribution is 5.49. The highest BCUT2D eigenvalue weighted by atomic mass is 16.5. The zero-order chi connectivity index (χ0) is 15.2. The largest absolute Gasteiger partial charge is 0.508 e. The first kappa shape index (κ1) is 14.5. The van der Waals surface area contributed by atoms with Gasteiger partial charge in [0.2, 0.25) is 0 Å². The number of anilines is 1. The predicted molar refractivity (Wildman–Crippen MR) is 79.4 cm³/mol. The van der Waals surface area contributed by atoms with Gasteiger partial charge in [-0.25, -0.2) is 0 Å². The molecule has 2 aromatic rings. The van der Waals surface area contributed by atoms with Gasteiger partial charge in [0.1, 0.15) is 23.3 Å². The van der Waals surface area contributed by atoms with Crippen molar-refractivity contribution in [3.8, 4) is 23.3 Å². The van der Waals surface area contributed by atoms with Crippen LogP contribution < -0.4 is 10.1 Å². The molecule has 0 fully saturated rings. The SMILES string of the molecule is CC(Nc1ccc(OCC#N)cc1)c1cc(O)cc(O)c1. The number of hydrogen-bond donors (Lipinski definition) is 3. The van der Waals surface area contributed by atoms with Gasteiger partial charge in [0.25, 0.3) is 0 Å². The molecule has 0 aliphatic rings. The Bertz CT molecular complexity index is 627. The number of phenolic OH excluding ortho intramolecular Hbond substituents is 2. The van der Waals surface area contributed by atoms with E-state index in [1.54, 1.807) is 24.3 Å². The minimum atomic E-state index is -0.0890. The summed E-state index contributed by atoms with van der Waals surface area (Å²) in [5.41, 5.74) is 1.65. The molecule has 0 saturated heterocycles. The molecule has 0 aromatic heterocycles. The van der Waals surface area contributed by atoms with Crippen molar-refractivity contribution in [2.45, 2.75) is 13.0 Å². The van der Waals surface area contributed by atoms with Gasteiger partial charge in [0.15, 0.2) is 6.61 Å². The average Bonchev–Trinajstić information content (AvgIpc) is 2.45. The maximum Gasteiger partial charge on any atom is 0.174 e. The fourth-order valence-corrected chi connectivity index (χ4v) is 1.96. The summed E-state index contributed by atoms with van der Waals surface area (Å²) in [6.07, 6.45) is 0. The minimum Gasteiger partial charge on any atom is -0.508 e. The predicted octanol–water partition coefficient (Wildman–Crippen LogP) is 3.17. The van der Waals surface area contributed by atoms with E-state index in [1.165, 1.54) is 6.07 Å². The maximum atomic E-state index is 9.50. The van der Waals surface area contributed by atoms with Gasteiger partial charge in [0, 0.05) is 17.8 Å². The highest BCUT2D eigenvalue weighted by Gasteiger charge is 2.08. The van der Waals surface area contributed by atoms with Crippen LogP contribution in [0.1, 0.15) is 18.5 Å². The second-order valence-corrected chi connectivity index (χ2v) is 4.62. The Balaban J connectivity index is 2.05. The summed E-state index contributed by atoms with van der Waals surface area (Å²) in [4.78, 5) is 0. The van der Waals surface area contributed by atoms with Gasteiger partial charge in [-0.15, -0.1) is 0 Å². The molecule has 0 amide bonds. The van der Waals surface area contributed by atoms with Gasteiger partial charge in [-0.3, -0.25) is 0 Å². The molecular weight excluding hydrogens is 268 g/mol. The van der Waals surface area contributed by atoms with Crippen LogP contribution in [0.4, 0.5) is 5.69 Å². The zero-order valence-electron chi connectivity index (χ0n) is 11.6. The first-order chi connectivity index (χ1) is 10.1. The Morgan fingerprint density at radius 2 is 1.76 bits per heavy atom. The first-order valence-electron chi connectivity index (χ1n) is 6.48. The van der Waals surface area contributed by atoms with Crippen molar-refractivity contribution in [1.29, 1.82) is 5.26 Å². The van der Waals surface area contributed by atoms with E-state index < -0.39 is 0 Å². The van der Waals surface area contributed by atoms with E-state index in [0.29, 0.717) is 5.75 Å². The van der Waals surface area contributed by atoms with Crippen molar-refractivity contribution < 1.29 is 14.9 Å². The molecule has 108 valence electrons. The summed E-state index contributed by atoms with van der Waals surface area (Å²) < 4.78 is 5.18. The first-order valence-corrected chi connectivity index (χ1v) is 6.48. The minimum absolute atomic E-state index is 0.0196. The van der Waals surface area contributed by atoms with E-state index in [-0.39, 0.29) is 24.1 Å². The van der Waals surface area contributed by atoms with E-state index in [1.807, 2.05) is 25.1 Å². The second-order valence-electron chi connectivity index (χ2n) is 4.62. The Morgan fingerprint density at radius 1 is 1.14 bits per heavy atom. The number of hydrogen-bond acceptors (Lipinski definition) is 5. The zero-order valence-corrected chi connectivity index (χ0v) is 11.6. The Morgan fingerprint density at radius 3 is 2.33 bits per heavy atom. The summed E-state index contributed by atoms with van der Waals surface area (Å²) in [7, 11) is 0. The monoisotopic (exact) mass is 284 g/mol. The molecule has 2 rings (SSSR count). The second kappa shape index (κ2) is 6.53. The van der Waals surface area contributed by atoms with Crippen molar-refractivity contribution in [3.63, 3.8) is 0 Å². The summed E-state index contributed by atoms with van der Waals surface area (Å²) in [5.74, 6) is 0.683. The van der Waals surface area contributed by atoms with E-state index in [9.17, 15) is 10.2 Å². The Labute approximate surface area is 123 Å². The van der Waals surface area contributed by atoms with Gasteiger partial charge < -0.3 is 20.3 Å². The third kappa shape index (κ3) is 4.05. The molecule has 0 aliphatic carbocycles. The smallest absolute Gasteiger partial charge is 0.174 e. The van der Waals surface area contributed by atoms with Crippen molar-refractivity contribution in [1.82, 2.24) is 0 Å². The molecule has 1 atom stereocenters. The van der Waals surface area contributed by atoms with Crippen LogP contribution in [0.3, 0.4) is 0 Å². The molecular formula is C16H16N2O3. The molecule has 0 spiro atoms. The fraction of sp³-hybridized carbons (Fsp3) is 0.188. The number of aromatic hydroxyl groups is 2. The van der Waals surface area contributed by atoms with Crippen LogP contribution in [0, 0.1) is 11.3 Å². The van der Waals surface area contributed by atoms with Crippen molar-refractivity contribution in [2.75, 3.05) is 11.9 Å². The Hall–Kier alpha value is -2.87. The summed E-state index contributed by atoms with van der Waals surface area (Å²) in [6, 6.07) is 13.5. The van der Waals surface area contributed by atoms with Crippen LogP contribution in [0.2, 0.25) is 0 Å². The van der Waals surface area contributed by atoms with Crippen LogP contribution in [0.25, 0.3) is 0 Å². The molecule has 5 nitrogen and oxygen atoms in total. The summed E-state index contributed by atoms with van der Waals surface area (Å²) in [6.45, 7) is 1.94. The number of benzene rings is 2. The van der Waals surface area contributed by atoms with Gasteiger partial charge in [-0.05, 0) is 48.9 Å². The summed E-state index contributed by atoms with van der Waals surface area (Å²) >= 11 is 0. The van der Waals surface area contributed by atoms with E-state index in [0.717, 1.165) is 11.3 Å². The lowest BCUT2D eigenvalue weighted by molar-refractivity contribution is 0.368. The van der Waals surface area contributed by atoms with Crippen molar-refractivity contribution >= 4 is 5.69 Å². The number of rotatable bonds is 5. The van der Waals surface area contributed by atoms with E-state index in [4.69, 9.17) is 10.00 Å². The van der Waals surface area contributed by atoms with Crippen LogP contribution in [0.5, 0.6) is 17.2 Å². The number of phenols is 2. The average molecular weight is 284 g/mol. The van der Waals surface area contributed by atoms with E-state index >= 15 is 0 Å². The van der Waals surface area contributed by atoms with E-state index in [2.05, 4.69) is 5.32 Å². The topological polar surface area (TPSA) is 85.5 Å². The molecule has 0 saturated carbocycles. The van der Waals surface area contributed by atoms with Gasteiger partial charge in [-0.2, -0.15) is 5.26 Å². The lowest BCUT2D eigenvalue weighted by Gasteiger charge is -2.16. The molecule has 21 heavy (non-hydrogen) atoms. The lowest BCUT2D eigenvalue weighted by atomic mass is 10.1. The van der Waals surface area contributed by atoms with Gasteiger partial charge in [-0.1, -0.05) is 0 Å². The number of nitriles is 1. The highest BCUT2D eigenvalue weighted by Crippen LogP contribution is 2.27. The maximum absolute atomic E-state index is 9.50. The molecule has 3 N–H and O–H groups in total. The molecule has 0 radical (unpaired) electrons. The summed E-state index contributed by atoms with van der Waals surface area (Å²) in [5, 5.41) is 30.7. The number of nitrogens with one attached hydrogen (secondary N) is 1. The third-order valence-electron chi connectivity index (χ3n) is 2.97. The molecule has 0 bridgehead atoms. The number of ether oxygens (including phenoxy) is 1. The molecule has 5 heteroatoms. The number of nitrogens with zero attached hydrogens (tertiary/aromatic N) is 1. The van der Waals surface area contributed by atoms with Gasteiger partial charge in [0.05, 0.1) is 0 Å². The molecule has 1 unspecified atom stereocenters. The van der Waals surface area contributed by atoms with Crippen LogP contribution in [-0.2, 0) is 0 Å². The fourth-order valence-electron chi connectivity index (χ4n) is 1.96. The lowest BCUT2D eigenvalue weighted by Crippen LogP contribution is -2.06. The molecule has 0 aliphatic heterocycles. The normalized spacial score (nSPS) is 11.4. The standard InChI is InChI=1S/C16H16N2O3/c1-11(12-8-14(19)10-15(20)9-12)18-13-2-4-16(5-3-13)21-7-6-17/h2-5,8-11,18-20H,7H2,1H3. The third-order valence-corrected chi connectivity index (χ3v) is 2.97. The Kier molecular flexibility index (Phi) is 4.52. The quantitative estimate of drug-likeness (QED) is 0.785. The van der Waals surface area contributed by atoms with Crippen molar-refractivity contribution in [2.24, 2.45) is 0 Å². The van der Waals surface area contributed by atoms with Crippen LogP contribution in [0.15, 0.2) is 42.5 Å². The van der Waals surface area contributed by atoms with Crippen LogP contribution in [-0.4, -0.2) is 16.8 Å². The molecule has 2 aromatic carbocycles. The molecule has 0 heterocycles. The van der Waals surface area contributed by atoms with Crippen LogP contribution >= 0.6 is 0 Å². The van der Waals surface area contributed by atoms with Crippen molar-refractivity contribution in [3.05, 3.63) is 48.0 Å². The van der Waals surface area contributed by atoms with Gasteiger partial charge >= 0.3 is 0 Å².